The largest absolute Gasteiger partial charge is 0.488 e. The summed E-state index contributed by atoms with van der Waals surface area (Å²) in [4.78, 5) is 4.29. The maximum atomic E-state index is 13.0. The Morgan fingerprint density at radius 1 is 1.33 bits per heavy atom. The Labute approximate surface area is 121 Å². The fraction of sp³-hybridized carbons (Fsp3) is 0.769. The minimum atomic E-state index is -4.47. The minimum absolute atomic E-state index is 0.145. The molecule has 3 heterocycles. The molecule has 0 aromatic carbocycles. The van der Waals surface area contributed by atoms with Gasteiger partial charge in [0.2, 0.25) is 0 Å². The Bertz CT molecular complexity index is 514. The molecule has 3 rings (SSSR count). The average Bonchev–Trinajstić information content (AvgIpc) is 2.74. The number of rotatable bonds is 1. The van der Waals surface area contributed by atoms with Crippen LogP contribution in [0.2, 0.25) is 0 Å². The lowest BCUT2D eigenvalue weighted by Crippen LogP contribution is -2.55. The Kier molecular flexibility index (Phi) is 3.51. The summed E-state index contributed by atoms with van der Waals surface area (Å²) in [6.45, 7) is 6.86. The van der Waals surface area contributed by atoms with Crippen molar-refractivity contribution >= 4 is 5.82 Å². The number of hydrogen-bond donors (Lipinski definition) is 1. The number of nitrogens with one attached hydrogen (secondary N) is 1. The summed E-state index contributed by atoms with van der Waals surface area (Å²) in [6, 6.07) is 0.576. The Morgan fingerprint density at radius 3 is 2.76 bits per heavy atom. The summed E-state index contributed by atoms with van der Waals surface area (Å²) in [6.07, 6.45) is -3.77. The Morgan fingerprint density at radius 2 is 2.10 bits per heavy atom. The molecule has 118 valence electrons. The van der Waals surface area contributed by atoms with Crippen molar-refractivity contribution in [3.63, 3.8) is 0 Å². The number of piperazine rings is 1. The second-order valence-corrected chi connectivity index (χ2v) is 5.82. The summed E-state index contributed by atoms with van der Waals surface area (Å²) in [5.41, 5.74) is -0.885. The number of anilines is 1. The molecule has 1 unspecified atom stereocenters. The van der Waals surface area contributed by atoms with Crippen molar-refractivity contribution in [3.8, 4) is 5.75 Å². The van der Waals surface area contributed by atoms with E-state index in [4.69, 9.17) is 4.74 Å². The molecule has 1 aromatic heterocycles. The summed E-state index contributed by atoms with van der Waals surface area (Å²) in [5, 5.41) is 5.97. The van der Waals surface area contributed by atoms with Crippen LogP contribution < -0.4 is 9.64 Å². The molecule has 1 saturated heterocycles. The van der Waals surface area contributed by atoms with Crippen LogP contribution in [0.15, 0.2) is 0 Å². The molecule has 0 aliphatic carbocycles. The van der Waals surface area contributed by atoms with E-state index in [2.05, 4.69) is 28.9 Å². The molecule has 2 aliphatic heterocycles. The molecule has 0 spiro atoms. The first-order valence-corrected chi connectivity index (χ1v) is 7.17. The second-order valence-electron chi connectivity index (χ2n) is 5.82. The predicted octanol–water partition coefficient (Wildman–Crippen LogP) is 2.11. The van der Waals surface area contributed by atoms with Crippen molar-refractivity contribution in [2.24, 2.45) is 0 Å². The number of hydrogen-bond acceptors (Lipinski definition) is 4. The van der Waals surface area contributed by atoms with Crippen molar-refractivity contribution in [2.75, 3.05) is 31.1 Å². The van der Waals surface area contributed by atoms with Gasteiger partial charge in [-0.15, -0.1) is 0 Å². The van der Waals surface area contributed by atoms with E-state index in [0.717, 1.165) is 13.1 Å². The zero-order valence-electron chi connectivity index (χ0n) is 12.1. The van der Waals surface area contributed by atoms with E-state index in [0.29, 0.717) is 24.8 Å². The monoisotopic (exact) mass is 304 g/mol. The minimum Gasteiger partial charge on any atom is -0.488 e. The fourth-order valence-corrected chi connectivity index (χ4v) is 3.02. The molecule has 2 aliphatic rings. The standard InChI is InChI=1S/C13H19F3N4O/c1-8(2)19-4-5-20-9(7-19)3-6-21-10-11(13(14,15)16)17-18-12(10)20/h8-9H,3-7H2,1-2H3,(H,17,18). The molecule has 1 aromatic rings. The number of aromatic amines is 1. The highest BCUT2D eigenvalue weighted by Crippen LogP contribution is 2.42. The van der Waals surface area contributed by atoms with E-state index in [1.54, 1.807) is 0 Å². The van der Waals surface area contributed by atoms with Crippen molar-refractivity contribution in [3.05, 3.63) is 5.69 Å². The molecule has 1 atom stereocenters. The first-order chi connectivity index (χ1) is 9.88. The van der Waals surface area contributed by atoms with Gasteiger partial charge in [0.05, 0.1) is 6.61 Å². The van der Waals surface area contributed by atoms with Gasteiger partial charge < -0.3 is 9.64 Å². The van der Waals surface area contributed by atoms with Crippen molar-refractivity contribution in [2.45, 2.75) is 38.5 Å². The van der Waals surface area contributed by atoms with E-state index in [1.807, 2.05) is 4.90 Å². The van der Waals surface area contributed by atoms with Gasteiger partial charge in [0.1, 0.15) is 0 Å². The molecule has 5 nitrogen and oxygen atoms in total. The highest BCUT2D eigenvalue weighted by molar-refractivity contribution is 5.57. The van der Waals surface area contributed by atoms with E-state index in [-0.39, 0.29) is 18.4 Å². The molecule has 0 saturated carbocycles. The van der Waals surface area contributed by atoms with Gasteiger partial charge in [0, 0.05) is 38.1 Å². The lowest BCUT2D eigenvalue weighted by atomic mass is 10.1. The van der Waals surface area contributed by atoms with Crippen molar-refractivity contribution in [1.82, 2.24) is 15.1 Å². The number of fused-ring (bicyclic) bond motifs is 3. The van der Waals surface area contributed by atoms with Gasteiger partial charge in [0.15, 0.2) is 17.3 Å². The van der Waals surface area contributed by atoms with Gasteiger partial charge >= 0.3 is 6.18 Å². The molecule has 1 fully saturated rings. The van der Waals surface area contributed by atoms with Gasteiger partial charge in [-0.25, -0.2) is 0 Å². The third-order valence-corrected chi connectivity index (χ3v) is 4.20. The summed E-state index contributed by atoms with van der Waals surface area (Å²) >= 11 is 0. The zero-order chi connectivity index (χ0) is 15.2. The van der Waals surface area contributed by atoms with Crippen LogP contribution in [-0.4, -0.2) is 53.4 Å². The first kappa shape index (κ1) is 14.5. The van der Waals surface area contributed by atoms with Gasteiger partial charge in [-0.05, 0) is 13.8 Å². The van der Waals surface area contributed by atoms with Gasteiger partial charge in [0.25, 0.3) is 0 Å². The van der Waals surface area contributed by atoms with Crippen LogP contribution in [0, 0.1) is 0 Å². The SMILES string of the molecule is CC(C)N1CCN2c3n[nH]c(C(F)(F)F)c3OCCC2C1. The molecule has 8 heteroatoms. The van der Waals surface area contributed by atoms with E-state index in [1.165, 1.54) is 0 Å². The third-order valence-electron chi connectivity index (χ3n) is 4.20. The molecule has 21 heavy (non-hydrogen) atoms. The zero-order valence-corrected chi connectivity index (χ0v) is 12.1. The van der Waals surface area contributed by atoms with E-state index >= 15 is 0 Å². The molecule has 1 N–H and O–H groups in total. The van der Waals surface area contributed by atoms with Gasteiger partial charge in [-0.2, -0.15) is 18.3 Å². The maximum Gasteiger partial charge on any atom is 0.436 e. The van der Waals surface area contributed by atoms with Crippen LogP contribution in [0.5, 0.6) is 5.75 Å². The fourth-order valence-electron chi connectivity index (χ4n) is 3.02. The van der Waals surface area contributed by atoms with Crippen LogP contribution in [0.25, 0.3) is 0 Å². The normalized spacial score (nSPS) is 23.5. The second kappa shape index (κ2) is 5.08. The molecule has 0 radical (unpaired) electrons. The topological polar surface area (TPSA) is 44.4 Å². The van der Waals surface area contributed by atoms with E-state index in [9.17, 15) is 13.2 Å². The highest BCUT2D eigenvalue weighted by Gasteiger charge is 2.42. The highest BCUT2D eigenvalue weighted by atomic mass is 19.4. The van der Waals surface area contributed by atoms with Crippen LogP contribution >= 0.6 is 0 Å². The summed E-state index contributed by atoms with van der Waals surface area (Å²) in [7, 11) is 0. The average molecular weight is 304 g/mol. The van der Waals surface area contributed by atoms with Gasteiger partial charge in [-0.3, -0.25) is 10.00 Å². The molecular weight excluding hydrogens is 285 g/mol. The number of alkyl halides is 3. The molecule has 0 amide bonds. The number of halogens is 3. The van der Waals surface area contributed by atoms with Crippen LogP contribution in [0.3, 0.4) is 0 Å². The first-order valence-electron chi connectivity index (χ1n) is 7.17. The number of aromatic nitrogens is 2. The van der Waals surface area contributed by atoms with E-state index < -0.39 is 11.9 Å². The van der Waals surface area contributed by atoms with Crippen LogP contribution in [0.1, 0.15) is 26.0 Å². The third kappa shape index (κ3) is 2.56. The number of ether oxygens (including phenoxy) is 1. The molecular formula is C13H19F3N4O. The predicted molar refractivity (Wildman–Crippen MR) is 71.5 cm³/mol. The lowest BCUT2D eigenvalue weighted by Gasteiger charge is -2.42. The lowest BCUT2D eigenvalue weighted by molar-refractivity contribution is -0.142. The van der Waals surface area contributed by atoms with Crippen LogP contribution in [-0.2, 0) is 6.18 Å². The summed E-state index contributed by atoms with van der Waals surface area (Å²) in [5.74, 6) is 0.149. The quantitative estimate of drug-likeness (QED) is 0.863. The Balaban J connectivity index is 1.90. The maximum absolute atomic E-state index is 13.0. The van der Waals surface area contributed by atoms with Crippen molar-refractivity contribution < 1.29 is 17.9 Å². The smallest absolute Gasteiger partial charge is 0.436 e. The molecule has 0 bridgehead atoms. The van der Waals surface area contributed by atoms with Crippen LogP contribution in [0.4, 0.5) is 19.0 Å². The van der Waals surface area contributed by atoms with Gasteiger partial charge in [-0.1, -0.05) is 0 Å². The Hall–Kier alpha value is -1.44. The van der Waals surface area contributed by atoms with Crippen molar-refractivity contribution in [1.29, 1.82) is 0 Å². The summed E-state index contributed by atoms with van der Waals surface area (Å²) < 4.78 is 44.2. The number of H-pyrrole nitrogens is 1. The number of nitrogens with zero attached hydrogens (tertiary/aromatic N) is 3.